The smallest absolute Gasteiger partial charge is 0.267 e. The Morgan fingerprint density at radius 3 is 2.63 bits per heavy atom. The van der Waals surface area contributed by atoms with E-state index in [1.807, 2.05) is 0 Å². The molecule has 0 aliphatic carbocycles. The average molecular weight is 260 g/mol. The lowest BCUT2D eigenvalue weighted by Crippen LogP contribution is -2.18. The summed E-state index contributed by atoms with van der Waals surface area (Å²) in [4.78, 5) is 11.6. The normalized spacial score (nSPS) is 10.6. The molecule has 0 aliphatic rings. The Morgan fingerprint density at radius 2 is 1.89 bits per heavy atom. The van der Waals surface area contributed by atoms with E-state index in [1.165, 1.54) is 42.6 Å². The van der Waals surface area contributed by atoms with E-state index < -0.39 is 17.5 Å². The van der Waals surface area contributed by atoms with Crippen molar-refractivity contribution in [2.75, 3.05) is 0 Å². The molecular weight excluding hydrogens is 250 g/mol. The molecule has 0 bridgehead atoms. The van der Waals surface area contributed by atoms with Gasteiger partial charge in [0.2, 0.25) is 0 Å². The van der Waals surface area contributed by atoms with Gasteiger partial charge < -0.3 is 0 Å². The van der Waals surface area contributed by atoms with Gasteiger partial charge in [-0.1, -0.05) is 24.3 Å². The monoisotopic (exact) mass is 260 g/mol. The molecule has 0 spiro atoms. The largest absolute Gasteiger partial charge is 0.274 e. The topological polar surface area (TPSA) is 41.5 Å². The van der Waals surface area contributed by atoms with E-state index in [9.17, 15) is 13.6 Å². The van der Waals surface area contributed by atoms with Crippen molar-refractivity contribution in [2.45, 2.75) is 0 Å². The third-order valence-electron chi connectivity index (χ3n) is 2.35. The second-order valence-electron chi connectivity index (χ2n) is 3.73. The number of hydrogen-bond donors (Lipinski definition) is 1. The Labute approximate surface area is 108 Å². The zero-order chi connectivity index (χ0) is 13.7. The number of amides is 1. The van der Waals surface area contributed by atoms with Gasteiger partial charge in [-0.15, -0.1) is 0 Å². The van der Waals surface area contributed by atoms with E-state index >= 15 is 0 Å². The van der Waals surface area contributed by atoms with Gasteiger partial charge in [-0.25, -0.2) is 14.2 Å². The van der Waals surface area contributed by atoms with Gasteiger partial charge in [-0.3, -0.25) is 4.79 Å². The molecule has 2 rings (SSSR count). The lowest BCUT2D eigenvalue weighted by atomic mass is 10.2. The van der Waals surface area contributed by atoms with Crippen LogP contribution in [0, 0.1) is 11.6 Å². The summed E-state index contributed by atoms with van der Waals surface area (Å²) in [6, 6.07) is 11.3. The Morgan fingerprint density at radius 1 is 1.11 bits per heavy atom. The Balaban J connectivity index is 2.03. The number of halogens is 2. The summed E-state index contributed by atoms with van der Waals surface area (Å²) in [7, 11) is 0. The van der Waals surface area contributed by atoms with Gasteiger partial charge in [-0.05, 0) is 29.8 Å². The highest BCUT2D eigenvalue weighted by molar-refractivity contribution is 5.95. The molecule has 1 amide bonds. The van der Waals surface area contributed by atoms with Crippen molar-refractivity contribution >= 4 is 12.1 Å². The number of carbonyl (C=O) groups is 1. The van der Waals surface area contributed by atoms with Gasteiger partial charge in [0.05, 0.1) is 11.8 Å². The zero-order valence-electron chi connectivity index (χ0n) is 9.81. The lowest BCUT2D eigenvalue weighted by molar-refractivity contribution is 0.0951. The standard InChI is InChI=1S/C14H10F2N2O/c15-11-5-3-4-10(8-11)9-17-18-14(19)12-6-1-2-7-13(12)16/h1-9H,(H,18,19). The van der Waals surface area contributed by atoms with Crippen LogP contribution >= 0.6 is 0 Å². The Kier molecular flexibility index (Phi) is 3.97. The molecular formula is C14H10F2N2O. The van der Waals surface area contributed by atoms with Gasteiger partial charge in [0, 0.05) is 0 Å². The molecule has 5 heteroatoms. The molecule has 0 aromatic heterocycles. The van der Waals surface area contributed by atoms with Gasteiger partial charge in [-0.2, -0.15) is 5.10 Å². The van der Waals surface area contributed by atoms with E-state index in [4.69, 9.17) is 0 Å². The van der Waals surface area contributed by atoms with E-state index in [0.29, 0.717) is 5.56 Å². The van der Waals surface area contributed by atoms with E-state index in [2.05, 4.69) is 10.5 Å². The van der Waals surface area contributed by atoms with E-state index in [-0.39, 0.29) is 5.56 Å². The minimum absolute atomic E-state index is 0.0982. The molecule has 0 radical (unpaired) electrons. The minimum Gasteiger partial charge on any atom is -0.267 e. The lowest BCUT2D eigenvalue weighted by Gasteiger charge is -2.00. The van der Waals surface area contributed by atoms with Crippen LogP contribution in [0.1, 0.15) is 15.9 Å². The van der Waals surface area contributed by atoms with Crippen molar-refractivity contribution in [3.63, 3.8) is 0 Å². The van der Waals surface area contributed by atoms with Crippen LogP contribution in [0.4, 0.5) is 8.78 Å². The fraction of sp³-hybridized carbons (Fsp3) is 0. The second-order valence-corrected chi connectivity index (χ2v) is 3.73. The maximum atomic E-state index is 13.3. The predicted molar refractivity (Wildman–Crippen MR) is 67.9 cm³/mol. The number of rotatable bonds is 3. The molecule has 2 aromatic carbocycles. The first kappa shape index (κ1) is 12.9. The molecule has 19 heavy (non-hydrogen) atoms. The molecule has 3 nitrogen and oxygen atoms in total. The predicted octanol–water partition coefficient (Wildman–Crippen LogP) is 2.73. The summed E-state index contributed by atoms with van der Waals surface area (Å²) in [5, 5.41) is 3.64. The van der Waals surface area contributed by atoms with Crippen molar-refractivity contribution in [1.29, 1.82) is 0 Å². The molecule has 0 atom stereocenters. The Bertz CT molecular complexity index is 626. The number of hydrogen-bond acceptors (Lipinski definition) is 2. The summed E-state index contributed by atoms with van der Waals surface area (Å²) >= 11 is 0. The summed E-state index contributed by atoms with van der Waals surface area (Å²) in [6.07, 6.45) is 1.28. The minimum atomic E-state index is -0.661. The SMILES string of the molecule is O=C(NN=Cc1cccc(F)c1)c1ccccc1F. The van der Waals surface area contributed by atoms with Gasteiger partial charge >= 0.3 is 0 Å². The Hall–Kier alpha value is -2.56. The first-order valence-electron chi connectivity index (χ1n) is 5.50. The number of hydrazone groups is 1. The van der Waals surface area contributed by atoms with Gasteiger partial charge in [0.15, 0.2) is 0 Å². The molecule has 0 saturated heterocycles. The fourth-order valence-corrected chi connectivity index (χ4v) is 1.46. The maximum Gasteiger partial charge on any atom is 0.274 e. The van der Waals surface area contributed by atoms with Gasteiger partial charge in [0.25, 0.3) is 5.91 Å². The summed E-state index contributed by atoms with van der Waals surface area (Å²) in [6.45, 7) is 0. The number of carbonyl (C=O) groups excluding carboxylic acids is 1. The first-order valence-corrected chi connectivity index (χ1v) is 5.50. The van der Waals surface area contributed by atoms with Crippen LogP contribution in [-0.4, -0.2) is 12.1 Å². The van der Waals surface area contributed by atoms with Crippen molar-refractivity contribution < 1.29 is 13.6 Å². The van der Waals surface area contributed by atoms with Gasteiger partial charge in [0.1, 0.15) is 11.6 Å². The van der Waals surface area contributed by atoms with Crippen LogP contribution in [0.2, 0.25) is 0 Å². The van der Waals surface area contributed by atoms with Crippen LogP contribution < -0.4 is 5.43 Å². The summed E-state index contributed by atoms with van der Waals surface area (Å²) in [5.74, 6) is -1.68. The summed E-state index contributed by atoms with van der Waals surface area (Å²) < 4.78 is 26.2. The molecule has 0 fully saturated rings. The van der Waals surface area contributed by atoms with Crippen LogP contribution in [0.15, 0.2) is 53.6 Å². The highest BCUT2D eigenvalue weighted by Gasteiger charge is 2.08. The van der Waals surface area contributed by atoms with Crippen molar-refractivity contribution in [1.82, 2.24) is 5.43 Å². The first-order chi connectivity index (χ1) is 9.16. The van der Waals surface area contributed by atoms with E-state index in [0.717, 1.165) is 0 Å². The van der Waals surface area contributed by atoms with Crippen LogP contribution in [0.5, 0.6) is 0 Å². The molecule has 1 N–H and O–H groups in total. The highest BCUT2D eigenvalue weighted by atomic mass is 19.1. The molecule has 2 aromatic rings. The average Bonchev–Trinajstić information content (AvgIpc) is 2.39. The number of nitrogens with zero attached hydrogens (tertiary/aromatic N) is 1. The van der Waals surface area contributed by atoms with Crippen molar-refractivity contribution in [3.05, 3.63) is 71.3 Å². The third kappa shape index (κ3) is 3.45. The third-order valence-corrected chi connectivity index (χ3v) is 2.35. The molecule has 0 unspecified atom stereocenters. The summed E-state index contributed by atoms with van der Waals surface area (Å²) in [5.41, 5.74) is 2.57. The second kappa shape index (κ2) is 5.86. The quantitative estimate of drug-likeness (QED) is 0.669. The zero-order valence-corrected chi connectivity index (χ0v) is 9.81. The molecule has 0 aliphatic heterocycles. The maximum absolute atomic E-state index is 13.3. The number of nitrogens with one attached hydrogen (secondary N) is 1. The van der Waals surface area contributed by atoms with Crippen molar-refractivity contribution in [2.24, 2.45) is 5.10 Å². The van der Waals surface area contributed by atoms with Crippen LogP contribution in [0.3, 0.4) is 0 Å². The fourth-order valence-electron chi connectivity index (χ4n) is 1.46. The van der Waals surface area contributed by atoms with Crippen molar-refractivity contribution in [3.8, 4) is 0 Å². The molecule has 96 valence electrons. The molecule has 0 saturated carbocycles. The highest BCUT2D eigenvalue weighted by Crippen LogP contribution is 2.05. The van der Waals surface area contributed by atoms with Crippen LogP contribution in [0.25, 0.3) is 0 Å². The van der Waals surface area contributed by atoms with E-state index in [1.54, 1.807) is 12.1 Å². The number of benzene rings is 2. The molecule has 0 heterocycles. The van der Waals surface area contributed by atoms with Crippen LogP contribution in [-0.2, 0) is 0 Å².